The highest BCUT2D eigenvalue weighted by molar-refractivity contribution is 6.02. The molecule has 2 saturated carbocycles. The number of nitrogens with one attached hydrogen (secondary N) is 3. The van der Waals surface area contributed by atoms with Gasteiger partial charge in [0.15, 0.2) is 6.29 Å². The number of carbonyl (C=O) groups is 2. The van der Waals surface area contributed by atoms with Crippen molar-refractivity contribution in [2.75, 3.05) is 44.4 Å². The molecule has 3 fully saturated rings. The second kappa shape index (κ2) is 19.2. The predicted octanol–water partition coefficient (Wildman–Crippen LogP) is 5.35. The summed E-state index contributed by atoms with van der Waals surface area (Å²) in [5, 5.41) is 24.3. The van der Waals surface area contributed by atoms with Crippen LogP contribution in [0.4, 0.5) is 11.4 Å². The number of amides is 1. The zero-order valence-corrected chi connectivity index (χ0v) is 33.7. The quantitative estimate of drug-likeness (QED) is 0.0346. The molecule has 57 heavy (non-hydrogen) atoms. The highest BCUT2D eigenvalue weighted by Gasteiger charge is 2.38. The Bertz CT molecular complexity index is 1990. The first-order chi connectivity index (χ1) is 27.7. The van der Waals surface area contributed by atoms with E-state index in [0.717, 1.165) is 79.1 Å². The zero-order valence-electron chi connectivity index (χ0n) is 33.7. The van der Waals surface area contributed by atoms with Crippen LogP contribution in [0.5, 0.6) is 0 Å². The summed E-state index contributed by atoms with van der Waals surface area (Å²) in [5.41, 5.74) is 18.9. The molecule has 5 aliphatic rings. The van der Waals surface area contributed by atoms with Gasteiger partial charge >= 0.3 is 0 Å². The fourth-order valence-electron chi connectivity index (χ4n) is 7.52. The van der Waals surface area contributed by atoms with E-state index in [2.05, 4.69) is 72.6 Å². The molecular weight excluding hydrogens is 719 g/mol. The number of nitrogens with zero attached hydrogens (tertiary/aromatic N) is 6. The predicted molar refractivity (Wildman–Crippen MR) is 227 cm³/mol. The van der Waals surface area contributed by atoms with E-state index in [1.807, 2.05) is 44.6 Å². The molecule has 1 amide bonds. The maximum atomic E-state index is 12.2. The Morgan fingerprint density at radius 2 is 1.81 bits per heavy atom. The number of hydrogen-bond acceptors (Lipinski definition) is 11. The number of aliphatic hydroxyl groups excluding tert-OH is 1. The Kier molecular flexibility index (Phi) is 13.9. The molecule has 0 spiro atoms. The third-order valence-corrected chi connectivity index (χ3v) is 11.1. The van der Waals surface area contributed by atoms with E-state index >= 15 is 0 Å². The lowest BCUT2D eigenvalue weighted by atomic mass is 9.91. The number of fused-ring (bicyclic) bond motifs is 3. The number of aldehydes is 1. The number of likely N-dealkylation sites (N-methyl/N-ethyl adjacent to an activating group) is 1. The van der Waals surface area contributed by atoms with Crippen LogP contribution in [0.1, 0.15) is 92.3 Å². The van der Waals surface area contributed by atoms with E-state index in [-0.39, 0.29) is 35.4 Å². The normalized spacial score (nSPS) is 20.9. The zero-order chi connectivity index (χ0) is 40.5. The van der Waals surface area contributed by atoms with Crippen molar-refractivity contribution in [2.45, 2.75) is 89.0 Å². The van der Waals surface area contributed by atoms with Gasteiger partial charge in [-0.05, 0) is 83.7 Å². The Morgan fingerprint density at radius 1 is 1.04 bits per heavy atom. The molecule has 3 aromatic rings. The number of aromatic nitrogens is 3. The van der Waals surface area contributed by atoms with E-state index in [1.54, 1.807) is 6.07 Å². The number of nitrogens with two attached hydrogens (primary N) is 2. The Hall–Kier alpha value is -5.31. The van der Waals surface area contributed by atoms with E-state index in [9.17, 15) is 14.7 Å². The van der Waals surface area contributed by atoms with Gasteiger partial charge in [-0.25, -0.2) is 4.98 Å². The fourth-order valence-corrected chi connectivity index (χ4v) is 7.52. The molecule has 0 bridgehead atoms. The summed E-state index contributed by atoms with van der Waals surface area (Å²) in [5.74, 6) is -0.278. The van der Waals surface area contributed by atoms with Gasteiger partial charge in [-0.15, -0.1) is 0 Å². The lowest BCUT2D eigenvalue weighted by Gasteiger charge is -2.43. The summed E-state index contributed by atoms with van der Waals surface area (Å²) in [6.07, 6.45) is 18.7. The van der Waals surface area contributed by atoms with Crippen molar-refractivity contribution in [1.82, 2.24) is 30.3 Å². The minimum atomic E-state index is -0.241. The third kappa shape index (κ3) is 10.4. The number of amidine groups is 1. The molecule has 1 aromatic carbocycles. The molecule has 8 N–H and O–H groups in total. The van der Waals surface area contributed by atoms with Crippen LogP contribution in [0, 0.1) is 5.92 Å². The van der Waals surface area contributed by atoms with Crippen molar-refractivity contribution < 1.29 is 14.7 Å². The average molecular weight is 778 g/mol. The van der Waals surface area contributed by atoms with Crippen LogP contribution in [0.25, 0.3) is 11.1 Å². The summed E-state index contributed by atoms with van der Waals surface area (Å²) < 4.78 is 2.17. The third-order valence-electron chi connectivity index (χ3n) is 11.1. The molecule has 14 heteroatoms. The van der Waals surface area contributed by atoms with E-state index in [0.29, 0.717) is 24.0 Å². The second-order valence-electron chi connectivity index (χ2n) is 15.4. The first-order valence-electron chi connectivity index (χ1n) is 20.2. The minimum Gasteiger partial charge on any atom is -0.513 e. The summed E-state index contributed by atoms with van der Waals surface area (Å²) >= 11 is 0. The minimum absolute atomic E-state index is 0.0177. The molecule has 3 aliphatic carbocycles. The lowest BCUT2D eigenvalue weighted by molar-refractivity contribution is -0.118. The molecule has 0 radical (unpaired) electrons. The van der Waals surface area contributed by atoms with Crippen LogP contribution in [0.15, 0.2) is 83.5 Å². The Labute approximate surface area is 336 Å². The van der Waals surface area contributed by atoms with Gasteiger partial charge in [-0.1, -0.05) is 37.3 Å². The molecule has 8 rings (SSSR count). The number of benzene rings is 1. The largest absolute Gasteiger partial charge is 0.513 e. The van der Waals surface area contributed by atoms with Gasteiger partial charge in [-0.2, -0.15) is 10.1 Å². The van der Waals surface area contributed by atoms with Gasteiger partial charge in [0.25, 0.3) is 5.91 Å². The molecule has 14 nitrogen and oxygen atoms in total. The van der Waals surface area contributed by atoms with Gasteiger partial charge < -0.3 is 37.4 Å². The molecule has 1 saturated heterocycles. The molecule has 304 valence electrons. The summed E-state index contributed by atoms with van der Waals surface area (Å²) in [6.45, 7) is 4.52. The van der Waals surface area contributed by atoms with Crippen molar-refractivity contribution in [3.8, 4) is 11.1 Å². The number of carbonyl (C=O) groups excluding carboxylic acids is 2. The van der Waals surface area contributed by atoms with Crippen molar-refractivity contribution in [1.29, 1.82) is 0 Å². The monoisotopic (exact) mass is 777 g/mol. The number of aliphatic imine (C=N–C) groups is 1. The number of para-hydroxylation sites is 1. The van der Waals surface area contributed by atoms with Crippen LogP contribution in [-0.2, 0) is 11.3 Å². The first-order valence-corrected chi connectivity index (χ1v) is 20.2. The molecular formula is C43H59N11O3. The maximum absolute atomic E-state index is 12.2. The molecule has 2 aromatic heterocycles. The van der Waals surface area contributed by atoms with Gasteiger partial charge in [-0.3, -0.25) is 19.2 Å². The number of allylic oxidation sites excluding steroid dienone is 1. The number of hydrogen-bond donors (Lipinski definition) is 6. The first kappa shape index (κ1) is 41.3. The average Bonchev–Trinajstić information content (AvgIpc) is 4.17. The standard InChI is InChI=1S/C32H37N9O3.C7H13N.C4H9N/c1-3-28-31-24(13-35-41(31)22-15-40(16-22)14-20-6-4-7-21(17-42)36-20)23-8-5-9-26(30(23)39(28)2)37-27(25(33)18-43)12-29(34)38-32(44)19-10-11-19;1-8-7-5-3-2-4-6-7;1-5-4-2-3-4/h4-9,12-13,17-19,22,28,37,43H,3,10-11,14-16,33H2,1-2H3,(H2,34,38,44);3,5,7-8H,2,4,6H2,1H3;4-5H,2-3H2,1H3/b25-18+,27-12+;;. The number of aliphatic hydroxyl groups is 1. The van der Waals surface area contributed by atoms with Crippen molar-refractivity contribution in [3.63, 3.8) is 0 Å². The Morgan fingerprint density at radius 3 is 2.40 bits per heavy atom. The van der Waals surface area contributed by atoms with E-state index in [1.165, 1.54) is 43.9 Å². The van der Waals surface area contributed by atoms with Crippen LogP contribution >= 0.6 is 0 Å². The summed E-state index contributed by atoms with van der Waals surface area (Å²) in [7, 11) is 6.09. The topological polar surface area (TPSA) is 192 Å². The molecule has 2 atom stereocenters. The summed E-state index contributed by atoms with van der Waals surface area (Å²) in [4.78, 5) is 36.3. The molecule has 2 unspecified atom stereocenters. The van der Waals surface area contributed by atoms with Crippen molar-refractivity contribution >= 4 is 29.4 Å². The Balaban J connectivity index is 0.000000357. The van der Waals surface area contributed by atoms with Gasteiger partial charge in [0.1, 0.15) is 17.8 Å². The SMILES string of the molecule is CCC1c2c(cnn2C2CN(Cc3cccc(C=O)n3)C2)-c2cccc(NC(=C/C(N)=NC(=O)C3CC3)/C(N)=C\O)c2N1C.CNC1C=CCCC1.CNC1CC1. The highest BCUT2D eigenvalue weighted by Crippen LogP contribution is 2.49. The number of anilines is 2. The smallest absolute Gasteiger partial charge is 0.250 e. The number of likely N-dealkylation sites (tertiary alicyclic amines) is 1. The van der Waals surface area contributed by atoms with Crippen LogP contribution in [0.2, 0.25) is 0 Å². The highest BCUT2D eigenvalue weighted by atomic mass is 16.2. The second-order valence-corrected chi connectivity index (χ2v) is 15.4. The van der Waals surface area contributed by atoms with Crippen LogP contribution in [0.3, 0.4) is 0 Å². The van der Waals surface area contributed by atoms with Crippen LogP contribution < -0.4 is 32.3 Å². The molecule has 2 aliphatic heterocycles. The van der Waals surface area contributed by atoms with Crippen molar-refractivity contribution in [2.24, 2.45) is 22.4 Å². The van der Waals surface area contributed by atoms with E-state index < -0.39 is 0 Å². The van der Waals surface area contributed by atoms with Crippen LogP contribution in [-0.4, -0.2) is 89.1 Å². The maximum Gasteiger partial charge on any atom is 0.250 e. The van der Waals surface area contributed by atoms with Gasteiger partial charge in [0.2, 0.25) is 0 Å². The van der Waals surface area contributed by atoms with Gasteiger partial charge in [0, 0.05) is 61.9 Å². The number of rotatable bonds is 12. The fraction of sp³-hybridized carbons (Fsp3) is 0.465. The summed E-state index contributed by atoms with van der Waals surface area (Å²) in [6, 6.07) is 13.3. The lowest BCUT2D eigenvalue weighted by Crippen LogP contribution is -2.48. The number of pyridine rings is 1. The molecule has 4 heterocycles. The van der Waals surface area contributed by atoms with Crippen molar-refractivity contribution in [3.05, 3.63) is 95.6 Å². The van der Waals surface area contributed by atoms with Gasteiger partial charge in [0.05, 0.1) is 52.4 Å². The van der Waals surface area contributed by atoms with E-state index in [4.69, 9.17) is 16.6 Å².